The third-order valence-corrected chi connectivity index (χ3v) is 4.27. The molecule has 0 bridgehead atoms. The molecule has 0 aliphatic heterocycles. The third-order valence-electron chi connectivity index (χ3n) is 4.27. The van der Waals surface area contributed by atoms with Gasteiger partial charge in [-0.15, -0.1) is 0 Å². The Balaban J connectivity index is 1.82. The van der Waals surface area contributed by atoms with Crippen LogP contribution in [0.1, 0.15) is 57.4 Å². The number of hydrogen-bond donors (Lipinski definition) is 1. The van der Waals surface area contributed by atoms with E-state index in [0.717, 1.165) is 19.5 Å². The standard InChI is InChI=1S/C19H30N2/c1-2-3-4-5-6-7-8-14-21-15-12-18-10-9-17(11-13-20)16-19(18)21/h9-10,12,15-16H,2-8,11,13-14,20H2,1H3. The summed E-state index contributed by atoms with van der Waals surface area (Å²) in [5.74, 6) is 0. The SMILES string of the molecule is CCCCCCCCCn1ccc2ccc(CCN)cc21. The monoisotopic (exact) mass is 286 g/mol. The van der Waals surface area contributed by atoms with Crippen molar-refractivity contribution in [2.24, 2.45) is 5.73 Å². The number of hydrogen-bond acceptors (Lipinski definition) is 1. The molecule has 2 heteroatoms. The molecule has 1 heterocycles. The minimum atomic E-state index is 0.726. The Morgan fingerprint density at radius 2 is 1.71 bits per heavy atom. The fourth-order valence-electron chi connectivity index (χ4n) is 2.99. The van der Waals surface area contributed by atoms with Crippen LogP contribution in [0.4, 0.5) is 0 Å². The van der Waals surface area contributed by atoms with Crippen LogP contribution >= 0.6 is 0 Å². The summed E-state index contributed by atoms with van der Waals surface area (Å²) in [5.41, 5.74) is 8.38. The molecule has 0 saturated carbocycles. The zero-order chi connectivity index (χ0) is 14.9. The molecule has 0 atom stereocenters. The van der Waals surface area contributed by atoms with Crippen molar-refractivity contribution < 1.29 is 0 Å². The maximum absolute atomic E-state index is 5.66. The lowest BCUT2D eigenvalue weighted by Crippen LogP contribution is -2.03. The first-order valence-electron chi connectivity index (χ1n) is 8.63. The second-order valence-corrected chi connectivity index (χ2v) is 6.06. The molecule has 2 rings (SSSR count). The first-order chi connectivity index (χ1) is 10.3. The van der Waals surface area contributed by atoms with E-state index < -0.39 is 0 Å². The molecule has 0 radical (unpaired) electrons. The van der Waals surface area contributed by atoms with Crippen LogP contribution in [0.5, 0.6) is 0 Å². The molecule has 2 N–H and O–H groups in total. The second kappa shape index (κ2) is 8.89. The van der Waals surface area contributed by atoms with Crippen LogP contribution in [-0.2, 0) is 13.0 Å². The summed E-state index contributed by atoms with van der Waals surface area (Å²) >= 11 is 0. The van der Waals surface area contributed by atoms with Crippen molar-refractivity contribution in [3.05, 3.63) is 36.0 Å². The van der Waals surface area contributed by atoms with Crippen molar-refractivity contribution in [3.8, 4) is 0 Å². The second-order valence-electron chi connectivity index (χ2n) is 6.06. The van der Waals surface area contributed by atoms with Crippen LogP contribution in [0.15, 0.2) is 30.5 Å². The first kappa shape index (κ1) is 16.1. The summed E-state index contributed by atoms with van der Waals surface area (Å²) in [6.07, 6.45) is 12.8. The van der Waals surface area contributed by atoms with E-state index in [9.17, 15) is 0 Å². The van der Waals surface area contributed by atoms with Gasteiger partial charge in [-0.3, -0.25) is 0 Å². The third kappa shape index (κ3) is 4.89. The van der Waals surface area contributed by atoms with Crippen molar-refractivity contribution in [2.75, 3.05) is 6.54 Å². The summed E-state index contributed by atoms with van der Waals surface area (Å²) in [6.45, 7) is 4.14. The summed E-state index contributed by atoms with van der Waals surface area (Å²) in [5, 5.41) is 1.35. The summed E-state index contributed by atoms with van der Waals surface area (Å²) < 4.78 is 2.40. The number of benzene rings is 1. The Morgan fingerprint density at radius 3 is 2.48 bits per heavy atom. The maximum atomic E-state index is 5.66. The number of aryl methyl sites for hydroxylation is 1. The Kier molecular flexibility index (Phi) is 6.81. The van der Waals surface area contributed by atoms with E-state index in [0.29, 0.717) is 0 Å². The number of nitrogens with two attached hydrogens (primary N) is 1. The van der Waals surface area contributed by atoms with Crippen molar-refractivity contribution in [1.82, 2.24) is 4.57 Å². The fourth-order valence-corrected chi connectivity index (χ4v) is 2.99. The van der Waals surface area contributed by atoms with Gasteiger partial charge in [-0.1, -0.05) is 57.6 Å². The highest BCUT2D eigenvalue weighted by atomic mass is 14.9. The molecule has 0 spiro atoms. The summed E-state index contributed by atoms with van der Waals surface area (Å²) in [6, 6.07) is 8.96. The average Bonchev–Trinajstić information content (AvgIpc) is 2.89. The molecule has 1 aromatic heterocycles. The van der Waals surface area contributed by atoms with Gasteiger partial charge in [0, 0.05) is 18.3 Å². The van der Waals surface area contributed by atoms with Gasteiger partial charge in [-0.25, -0.2) is 0 Å². The number of unbranched alkanes of at least 4 members (excludes halogenated alkanes) is 6. The molecule has 21 heavy (non-hydrogen) atoms. The lowest BCUT2D eigenvalue weighted by atomic mass is 10.1. The number of fused-ring (bicyclic) bond motifs is 1. The van der Waals surface area contributed by atoms with Crippen LogP contribution in [0.25, 0.3) is 10.9 Å². The number of nitrogens with zero attached hydrogens (tertiary/aromatic N) is 1. The van der Waals surface area contributed by atoms with Gasteiger partial charge in [-0.2, -0.15) is 0 Å². The zero-order valence-electron chi connectivity index (χ0n) is 13.5. The van der Waals surface area contributed by atoms with Crippen LogP contribution in [0, 0.1) is 0 Å². The Labute approximate surface area is 129 Å². The quantitative estimate of drug-likeness (QED) is 0.619. The van der Waals surface area contributed by atoms with Gasteiger partial charge in [0.05, 0.1) is 0 Å². The molecule has 2 aromatic rings. The lowest BCUT2D eigenvalue weighted by molar-refractivity contribution is 0.556. The smallest absolute Gasteiger partial charge is 0.0483 e. The van der Waals surface area contributed by atoms with Gasteiger partial charge in [-0.05, 0) is 42.5 Å². The summed E-state index contributed by atoms with van der Waals surface area (Å²) in [4.78, 5) is 0. The van der Waals surface area contributed by atoms with Crippen LogP contribution < -0.4 is 5.73 Å². The van der Waals surface area contributed by atoms with E-state index in [4.69, 9.17) is 5.73 Å². The van der Waals surface area contributed by atoms with Gasteiger partial charge >= 0.3 is 0 Å². The van der Waals surface area contributed by atoms with Crippen LogP contribution in [0.3, 0.4) is 0 Å². The molecular weight excluding hydrogens is 256 g/mol. The Morgan fingerprint density at radius 1 is 0.952 bits per heavy atom. The van der Waals surface area contributed by atoms with Crippen molar-refractivity contribution >= 4 is 10.9 Å². The molecule has 0 fully saturated rings. The highest BCUT2D eigenvalue weighted by Gasteiger charge is 2.02. The Hall–Kier alpha value is -1.28. The van der Waals surface area contributed by atoms with E-state index in [1.165, 1.54) is 61.4 Å². The Bertz CT molecular complexity index is 527. The van der Waals surface area contributed by atoms with Gasteiger partial charge in [0.2, 0.25) is 0 Å². The molecule has 0 aliphatic carbocycles. The summed E-state index contributed by atoms with van der Waals surface area (Å²) in [7, 11) is 0. The topological polar surface area (TPSA) is 30.9 Å². The molecule has 0 aliphatic rings. The first-order valence-corrected chi connectivity index (χ1v) is 8.63. The molecule has 2 nitrogen and oxygen atoms in total. The molecule has 0 unspecified atom stereocenters. The minimum absolute atomic E-state index is 0.726. The predicted molar refractivity (Wildman–Crippen MR) is 92.7 cm³/mol. The van der Waals surface area contributed by atoms with Crippen LogP contribution in [-0.4, -0.2) is 11.1 Å². The van der Waals surface area contributed by atoms with Gasteiger partial charge in [0.15, 0.2) is 0 Å². The predicted octanol–water partition coefficient (Wildman–Crippen LogP) is 4.89. The van der Waals surface area contributed by atoms with Gasteiger partial charge in [0.1, 0.15) is 0 Å². The van der Waals surface area contributed by atoms with Crippen molar-refractivity contribution in [1.29, 1.82) is 0 Å². The van der Waals surface area contributed by atoms with Crippen molar-refractivity contribution in [3.63, 3.8) is 0 Å². The lowest BCUT2D eigenvalue weighted by Gasteiger charge is -2.07. The van der Waals surface area contributed by atoms with Crippen LogP contribution in [0.2, 0.25) is 0 Å². The number of aromatic nitrogens is 1. The van der Waals surface area contributed by atoms with Crippen molar-refractivity contribution in [2.45, 2.75) is 64.8 Å². The van der Waals surface area contributed by atoms with E-state index in [1.54, 1.807) is 0 Å². The largest absolute Gasteiger partial charge is 0.347 e. The molecule has 1 aromatic carbocycles. The molecule has 116 valence electrons. The fraction of sp³-hybridized carbons (Fsp3) is 0.579. The number of rotatable bonds is 10. The van der Waals surface area contributed by atoms with E-state index in [1.807, 2.05) is 0 Å². The maximum Gasteiger partial charge on any atom is 0.0483 e. The average molecular weight is 286 g/mol. The van der Waals surface area contributed by atoms with E-state index in [2.05, 4.69) is 42.0 Å². The minimum Gasteiger partial charge on any atom is -0.347 e. The normalized spacial score (nSPS) is 11.3. The van der Waals surface area contributed by atoms with Gasteiger partial charge in [0.25, 0.3) is 0 Å². The van der Waals surface area contributed by atoms with Gasteiger partial charge < -0.3 is 10.3 Å². The molecular formula is C19H30N2. The molecule has 0 saturated heterocycles. The van der Waals surface area contributed by atoms with E-state index in [-0.39, 0.29) is 0 Å². The highest BCUT2D eigenvalue weighted by molar-refractivity contribution is 5.80. The highest BCUT2D eigenvalue weighted by Crippen LogP contribution is 2.19. The molecule has 0 amide bonds. The van der Waals surface area contributed by atoms with E-state index >= 15 is 0 Å². The zero-order valence-corrected chi connectivity index (χ0v) is 13.5.